The van der Waals surface area contributed by atoms with E-state index in [-0.39, 0.29) is 5.91 Å². The molecule has 3 heterocycles. The Kier molecular flexibility index (Phi) is 4.18. The molecule has 7 nitrogen and oxygen atoms in total. The summed E-state index contributed by atoms with van der Waals surface area (Å²) in [5.74, 6) is 0.578. The fourth-order valence-corrected chi connectivity index (χ4v) is 3.41. The zero-order valence-corrected chi connectivity index (χ0v) is 14.9. The number of nitrogens with zero attached hydrogens (tertiary/aromatic N) is 4. The van der Waals surface area contributed by atoms with Gasteiger partial charge >= 0.3 is 0 Å². The topological polar surface area (TPSA) is 93.8 Å². The van der Waals surface area contributed by atoms with E-state index in [1.165, 1.54) is 0 Å². The highest BCUT2D eigenvalue weighted by Gasteiger charge is 2.18. The first-order valence-corrected chi connectivity index (χ1v) is 8.84. The molecule has 0 fully saturated rings. The van der Waals surface area contributed by atoms with E-state index in [1.54, 1.807) is 42.8 Å². The van der Waals surface area contributed by atoms with Crippen LogP contribution < -0.4 is 5.32 Å². The zero-order chi connectivity index (χ0) is 18.1. The number of fused-ring (bicyclic) bond motifs is 1. The first-order chi connectivity index (χ1) is 12.6. The van der Waals surface area contributed by atoms with Gasteiger partial charge in [-0.2, -0.15) is 4.98 Å². The molecule has 1 amide bonds. The Balaban J connectivity index is 1.51. The van der Waals surface area contributed by atoms with Gasteiger partial charge in [0.1, 0.15) is 6.04 Å². The lowest BCUT2D eigenvalue weighted by molar-refractivity contribution is 0.0932. The monoisotopic (exact) mass is 365 g/mol. The van der Waals surface area contributed by atoms with E-state index in [0.717, 1.165) is 20.8 Å². The van der Waals surface area contributed by atoms with E-state index in [4.69, 9.17) is 4.52 Å². The average Bonchev–Trinajstić information content (AvgIpc) is 3.27. The van der Waals surface area contributed by atoms with Crippen LogP contribution in [0.4, 0.5) is 0 Å². The number of hydrogen-bond donors (Lipinski definition) is 1. The number of hydrogen-bond acceptors (Lipinski definition) is 7. The quantitative estimate of drug-likeness (QED) is 0.594. The molecule has 4 rings (SSSR count). The summed E-state index contributed by atoms with van der Waals surface area (Å²) in [5.41, 5.74) is 2.22. The molecular weight excluding hydrogens is 350 g/mol. The summed E-state index contributed by atoms with van der Waals surface area (Å²) in [7, 11) is 0. The molecule has 1 N–H and O–H groups in total. The molecule has 4 aromatic rings. The number of pyridine rings is 1. The van der Waals surface area contributed by atoms with Crippen molar-refractivity contribution >= 4 is 27.5 Å². The Morgan fingerprint density at radius 1 is 1.27 bits per heavy atom. The Hall–Kier alpha value is -3.13. The number of benzene rings is 1. The van der Waals surface area contributed by atoms with Gasteiger partial charge in [0.25, 0.3) is 5.91 Å². The van der Waals surface area contributed by atoms with E-state index in [0.29, 0.717) is 17.3 Å². The standard InChI is InChI=1S/C18H15N5O2S/c1-10(18-22-16(23-25-18)13-4-3-7-19-9-13)20-17(24)12-5-6-14-15(8-12)26-11(2)21-14/h3-10H,1-2H3,(H,20,24)/t10-/m0/s1. The number of nitrogens with one attached hydrogen (secondary N) is 1. The lowest BCUT2D eigenvalue weighted by Gasteiger charge is -2.09. The number of aromatic nitrogens is 4. The molecule has 0 saturated carbocycles. The number of rotatable bonds is 4. The van der Waals surface area contributed by atoms with E-state index in [9.17, 15) is 4.79 Å². The third-order valence-electron chi connectivity index (χ3n) is 3.84. The minimum atomic E-state index is -0.417. The molecule has 0 aliphatic carbocycles. The van der Waals surface area contributed by atoms with Crippen LogP contribution in [0.5, 0.6) is 0 Å². The number of carbonyl (C=O) groups is 1. The summed E-state index contributed by atoms with van der Waals surface area (Å²) >= 11 is 1.56. The highest BCUT2D eigenvalue weighted by molar-refractivity contribution is 7.18. The fraction of sp³-hybridized carbons (Fsp3) is 0.167. The van der Waals surface area contributed by atoms with Gasteiger partial charge in [0, 0.05) is 23.5 Å². The number of carbonyl (C=O) groups excluding carboxylic acids is 1. The molecule has 0 unspecified atom stereocenters. The van der Waals surface area contributed by atoms with Gasteiger partial charge in [-0.25, -0.2) is 4.98 Å². The maximum Gasteiger partial charge on any atom is 0.251 e. The van der Waals surface area contributed by atoms with Gasteiger partial charge in [0.2, 0.25) is 11.7 Å². The van der Waals surface area contributed by atoms with Crippen LogP contribution >= 0.6 is 11.3 Å². The van der Waals surface area contributed by atoms with Crippen LogP contribution in [0.15, 0.2) is 47.2 Å². The number of amides is 1. The summed E-state index contributed by atoms with van der Waals surface area (Å²) in [6.45, 7) is 3.75. The van der Waals surface area contributed by atoms with Crippen molar-refractivity contribution in [2.24, 2.45) is 0 Å². The summed E-state index contributed by atoms with van der Waals surface area (Å²) in [6, 6.07) is 8.69. The predicted octanol–water partition coefficient (Wildman–Crippen LogP) is 3.54. The van der Waals surface area contributed by atoms with Gasteiger partial charge in [0.15, 0.2) is 0 Å². The molecule has 0 spiro atoms. The Morgan fingerprint density at radius 2 is 2.15 bits per heavy atom. The van der Waals surface area contributed by atoms with Crippen LogP contribution in [-0.4, -0.2) is 26.0 Å². The van der Waals surface area contributed by atoms with Crippen molar-refractivity contribution in [3.8, 4) is 11.4 Å². The molecule has 1 aromatic carbocycles. The van der Waals surface area contributed by atoms with Gasteiger partial charge in [-0.1, -0.05) is 5.16 Å². The van der Waals surface area contributed by atoms with Crippen molar-refractivity contribution in [1.82, 2.24) is 25.4 Å². The van der Waals surface area contributed by atoms with Gasteiger partial charge in [-0.05, 0) is 44.2 Å². The van der Waals surface area contributed by atoms with Crippen LogP contribution in [0.3, 0.4) is 0 Å². The van der Waals surface area contributed by atoms with Gasteiger partial charge < -0.3 is 9.84 Å². The first-order valence-electron chi connectivity index (χ1n) is 8.02. The van der Waals surface area contributed by atoms with Crippen LogP contribution in [0, 0.1) is 6.92 Å². The van der Waals surface area contributed by atoms with Crippen molar-refractivity contribution in [3.05, 3.63) is 59.2 Å². The average molecular weight is 365 g/mol. The summed E-state index contributed by atoms with van der Waals surface area (Å²) in [5, 5.41) is 7.80. The maximum atomic E-state index is 12.5. The van der Waals surface area contributed by atoms with Gasteiger partial charge in [-0.3, -0.25) is 9.78 Å². The predicted molar refractivity (Wildman–Crippen MR) is 97.8 cm³/mol. The van der Waals surface area contributed by atoms with Crippen molar-refractivity contribution in [2.45, 2.75) is 19.9 Å². The molecule has 0 radical (unpaired) electrons. The normalized spacial score (nSPS) is 12.2. The van der Waals surface area contributed by atoms with Crippen LogP contribution in [0.2, 0.25) is 0 Å². The highest BCUT2D eigenvalue weighted by atomic mass is 32.1. The van der Waals surface area contributed by atoms with Crippen molar-refractivity contribution < 1.29 is 9.32 Å². The van der Waals surface area contributed by atoms with E-state index in [2.05, 4.69) is 25.4 Å². The molecule has 130 valence electrons. The second-order valence-corrected chi connectivity index (χ2v) is 7.04. The van der Waals surface area contributed by atoms with Gasteiger partial charge in [0.05, 0.1) is 15.2 Å². The number of aryl methyl sites for hydroxylation is 1. The molecule has 0 bridgehead atoms. The molecule has 1 atom stereocenters. The largest absolute Gasteiger partial charge is 0.341 e. The van der Waals surface area contributed by atoms with E-state index in [1.807, 2.05) is 25.1 Å². The van der Waals surface area contributed by atoms with E-state index < -0.39 is 6.04 Å². The highest BCUT2D eigenvalue weighted by Crippen LogP contribution is 2.23. The smallest absolute Gasteiger partial charge is 0.251 e. The zero-order valence-electron chi connectivity index (χ0n) is 14.1. The summed E-state index contributed by atoms with van der Waals surface area (Å²) in [6.07, 6.45) is 3.33. The fourth-order valence-electron chi connectivity index (χ4n) is 2.55. The second kappa shape index (κ2) is 6.64. The van der Waals surface area contributed by atoms with Crippen molar-refractivity contribution in [3.63, 3.8) is 0 Å². The molecule has 26 heavy (non-hydrogen) atoms. The number of thiazole rings is 1. The molecule has 0 saturated heterocycles. The molecule has 3 aromatic heterocycles. The van der Waals surface area contributed by atoms with Crippen molar-refractivity contribution in [1.29, 1.82) is 0 Å². The lowest BCUT2D eigenvalue weighted by Crippen LogP contribution is -2.26. The molecule has 0 aliphatic rings. The third kappa shape index (κ3) is 3.18. The lowest BCUT2D eigenvalue weighted by atomic mass is 10.2. The maximum absolute atomic E-state index is 12.5. The SMILES string of the molecule is Cc1nc2ccc(C(=O)N[C@@H](C)c3nc(-c4cccnc4)no3)cc2s1. The summed E-state index contributed by atoms with van der Waals surface area (Å²) < 4.78 is 6.27. The van der Waals surface area contributed by atoms with E-state index >= 15 is 0 Å². The molecular formula is C18H15N5O2S. The van der Waals surface area contributed by atoms with Crippen LogP contribution in [0.25, 0.3) is 21.6 Å². The van der Waals surface area contributed by atoms with Crippen LogP contribution in [0.1, 0.15) is 34.2 Å². The minimum absolute atomic E-state index is 0.202. The molecule has 0 aliphatic heterocycles. The minimum Gasteiger partial charge on any atom is -0.341 e. The Morgan fingerprint density at radius 3 is 2.96 bits per heavy atom. The molecule has 8 heteroatoms. The Labute approximate surface area is 153 Å². The first kappa shape index (κ1) is 16.3. The second-order valence-electron chi connectivity index (χ2n) is 5.81. The van der Waals surface area contributed by atoms with Gasteiger partial charge in [-0.15, -0.1) is 11.3 Å². The van der Waals surface area contributed by atoms with Crippen LogP contribution in [-0.2, 0) is 0 Å². The summed E-state index contributed by atoms with van der Waals surface area (Å²) in [4.78, 5) is 25.3. The third-order valence-corrected chi connectivity index (χ3v) is 4.77. The Bertz CT molecular complexity index is 1070. The van der Waals surface area contributed by atoms with Crippen molar-refractivity contribution in [2.75, 3.05) is 0 Å².